The second-order valence-electron chi connectivity index (χ2n) is 4.69. The van der Waals surface area contributed by atoms with E-state index in [9.17, 15) is 13.5 Å². The Bertz CT molecular complexity index is 691. The lowest BCUT2D eigenvalue weighted by atomic mass is 10.2. The van der Waals surface area contributed by atoms with Gasteiger partial charge in [-0.05, 0) is 25.0 Å². The van der Waals surface area contributed by atoms with Gasteiger partial charge in [0, 0.05) is 18.0 Å². The van der Waals surface area contributed by atoms with Gasteiger partial charge in [0.15, 0.2) is 5.58 Å². The molecule has 0 radical (unpaired) electrons. The molecular formula is C13H15NO4S. The summed E-state index contributed by atoms with van der Waals surface area (Å²) in [5.41, 5.74) is 0.381. The Balaban J connectivity index is 2.12. The zero-order chi connectivity index (χ0) is 13.5. The van der Waals surface area contributed by atoms with E-state index in [1.165, 1.54) is 10.6 Å². The molecule has 1 N–H and O–H groups in total. The summed E-state index contributed by atoms with van der Waals surface area (Å²) in [6.07, 6.45) is 2.96. The van der Waals surface area contributed by atoms with Crippen molar-refractivity contribution < 1.29 is 17.9 Å². The standard InChI is InChI=1S/C13H15NO4S/c15-9-11-4-2-7-14(11)19(16,17)12-5-1-3-10-6-8-18-13(10)12/h1,3,5-6,8,11,15H,2,4,7,9H2. The Labute approximate surface area is 111 Å². The minimum absolute atomic E-state index is 0.145. The van der Waals surface area contributed by atoms with Crippen LogP contribution < -0.4 is 0 Å². The molecule has 1 fully saturated rings. The van der Waals surface area contributed by atoms with E-state index in [4.69, 9.17) is 4.42 Å². The fourth-order valence-electron chi connectivity index (χ4n) is 2.60. The van der Waals surface area contributed by atoms with Crippen LogP contribution in [-0.2, 0) is 10.0 Å². The molecule has 102 valence electrons. The summed E-state index contributed by atoms with van der Waals surface area (Å²) in [4.78, 5) is 0.176. The first-order valence-corrected chi connectivity index (χ1v) is 7.67. The summed E-state index contributed by atoms with van der Waals surface area (Å²) in [6.45, 7) is 0.304. The smallest absolute Gasteiger partial charge is 0.247 e. The van der Waals surface area contributed by atoms with Crippen LogP contribution in [0.5, 0.6) is 0 Å². The quantitative estimate of drug-likeness (QED) is 0.927. The maximum absolute atomic E-state index is 12.7. The van der Waals surface area contributed by atoms with Crippen molar-refractivity contribution in [3.63, 3.8) is 0 Å². The van der Waals surface area contributed by atoms with Gasteiger partial charge < -0.3 is 9.52 Å². The van der Waals surface area contributed by atoms with Crippen LogP contribution in [-0.4, -0.2) is 37.0 Å². The van der Waals surface area contributed by atoms with Crippen LogP contribution in [0.2, 0.25) is 0 Å². The van der Waals surface area contributed by atoms with Crippen molar-refractivity contribution in [3.05, 3.63) is 30.5 Å². The van der Waals surface area contributed by atoms with E-state index in [0.717, 1.165) is 11.8 Å². The van der Waals surface area contributed by atoms with E-state index in [2.05, 4.69) is 0 Å². The van der Waals surface area contributed by atoms with Crippen LogP contribution in [0.15, 0.2) is 39.8 Å². The molecule has 0 aliphatic carbocycles. The number of nitrogens with zero attached hydrogens (tertiary/aromatic N) is 1. The van der Waals surface area contributed by atoms with Crippen LogP contribution in [0.3, 0.4) is 0 Å². The Hall–Kier alpha value is -1.37. The molecule has 0 amide bonds. The van der Waals surface area contributed by atoms with Crippen molar-refractivity contribution in [1.29, 1.82) is 0 Å². The minimum atomic E-state index is -3.62. The van der Waals surface area contributed by atoms with E-state index in [1.54, 1.807) is 18.2 Å². The molecule has 1 aliphatic rings. The Morgan fingerprint density at radius 1 is 1.37 bits per heavy atom. The molecule has 1 saturated heterocycles. The largest absolute Gasteiger partial charge is 0.463 e. The Morgan fingerprint density at radius 3 is 3.00 bits per heavy atom. The van der Waals surface area contributed by atoms with Crippen molar-refractivity contribution in [2.45, 2.75) is 23.8 Å². The molecule has 0 spiro atoms. The van der Waals surface area contributed by atoms with Gasteiger partial charge in [-0.3, -0.25) is 0 Å². The number of sulfonamides is 1. The number of furan rings is 1. The first-order valence-electron chi connectivity index (χ1n) is 6.23. The van der Waals surface area contributed by atoms with Crippen molar-refractivity contribution in [1.82, 2.24) is 4.31 Å². The van der Waals surface area contributed by atoms with Crippen molar-refractivity contribution in [2.75, 3.05) is 13.2 Å². The molecule has 1 unspecified atom stereocenters. The van der Waals surface area contributed by atoms with Gasteiger partial charge in [0.2, 0.25) is 10.0 Å². The maximum Gasteiger partial charge on any atom is 0.247 e. The number of hydrogen-bond donors (Lipinski definition) is 1. The van der Waals surface area contributed by atoms with E-state index in [1.807, 2.05) is 6.07 Å². The zero-order valence-electron chi connectivity index (χ0n) is 10.3. The van der Waals surface area contributed by atoms with Gasteiger partial charge >= 0.3 is 0 Å². The highest BCUT2D eigenvalue weighted by Crippen LogP contribution is 2.30. The minimum Gasteiger partial charge on any atom is -0.463 e. The maximum atomic E-state index is 12.7. The average molecular weight is 281 g/mol. The zero-order valence-corrected chi connectivity index (χ0v) is 11.1. The second kappa shape index (κ2) is 4.63. The molecule has 0 bridgehead atoms. The fraction of sp³-hybridized carbons (Fsp3) is 0.385. The van der Waals surface area contributed by atoms with Gasteiger partial charge in [0.25, 0.3) is 0 Å². The van der Waals surface area contributed by atoms with Crippen LogP contribution in [0, 0.1) is 0 Å². The summed E-state index contributed by atoms with van der Waals surface area (Å²) >= 11 is 0. The van der Waals surface area contributed by atoms with Gasteiger partial charge in [-0.1, -0.05) is 12.1 Å². The second-order valence-corrected chi connectivity index (χ2v) is 6.55. The van der Waals surface area contributed by atoms with Gasteiger partial charge in [-0.15, -0.1) is 0 Å². The van der Waals surface area contributed by atoms with Gasteiger partial charge in [-0.2, -0.15) is 4.31 Å². The molecule has 1 atom stereocenters. The number of para-hydroxylation sites is 1. The summed E-state index contributed by atoms with van der Waals surface area (Å²) in [5.74, 6) is 0. The predicted molar refractivity (Wildman–Crippen MR) is 70.2 cm³/mol. The number of aliphatic hydroxyl groups excluding tert-OH is 1. The summed E-state index contributed by atoms with van der Waals surface area (Å²) in [5, 5.41) is 10.1. The molecule has 2 heterocycles. The number of hydrogen-bond acceptors (Lipinski definition) is 4. The number of aliphatic hydroxyl groups is 1. The average Bonchev–Trinajstić information content (AvgIpc) is 3.06. The SMILES string of the molecule is O=S(=O)(c1cccc2ccoc12)N1CCCC1CO. The Kier molecular flexibility index (Phi) is 3.08. The first-order chi connectivity index (χ1) is 9.14. The van der Waals surface area contributed by atoms with Crippen LogP contribution in [0.25, 0.3) is 11.0 Å². The lowest BCUT2D eigenvalue weighted by Gasteiger charge is -2.22. The third kappa shape index (κ3) is 1.96. The number of benzene rings is 1. The van der Waals surface area contributed by atoms with E-state index < -0.39 is 10.0 Å². The number of fused-ring (bicyclic) bond motifs is 1. The van der Waals surface area contributed by atoms with E-state index >= 15 is 0 Å². The van der Waals surface area contributed by atoms with Crippen LogP contribution in [0.1, 0.15) is 12.8 Å². The third-order valence-corrected chi connectivity index (χ3v) is 5.54. The molecule has 5 nitrogen and oxygen atoms in total. The van der Waals surface area contributed by atoms with Gasteiger partial charge in [-0.25, -0.2) is 8.42 Å². The van der Waals surface area contributed by atoms with Crippen molar-refractivity contribution in [2.24, 2.45) is 0 Å². The molecule has 19 heavy (non-hydrogen) atoms. The molecule has 1 aromatic carbocycles. The first kappa shape index (κ1) is 12.7. The summed E-state index contributed by atoms with van der Waals surface area (Å²) in [7, 11) is -3.62. The highest BCUT2D eigenvalue weighted by molar-refractivity contribution is 7.89. The molecule has 1 aromatic heterocycles. The topological polar surface area (TPSA) is 70.8 Å². The van der Waals surface area contributed by atoms with E-state index in [-0.39, 0.29) is 17.5 Å². The lowest BCUT2D eigenvalue weighted by Crippen LogP contribution is -2.37. The summed E-state index contributed by atoms with van der Waals surface area (Å²) < 4.78 is 32.0. The molecule has 1 aliphatic heterocycles. The summed E-state index contributed by atoms with van der Waals surface area (Å²) in [6, 6.07) is 6.48. The molecule has 0 saturated carbocycles. The van der Waals surface area contributed by atoms with Crippen LogP contribution in [0.4, 0.5) is 0 Å². The van der Waals surface area contributed by atoms with Gasteiger partial charge in [0.1, 0.15) is 4.90 Å². The van der Waals surface area contributed by atoms with Crippen LogP contribution >= 0.6 is 0 Å². The van der Waals surface area contributed by atoms with Crippen molar-refractivity contribution in [3.8, 4) is 0 Å². The third-order valence-electron chi connectivity index (χ3n) is 3.56. The lowest BCUT2D eigenvalue weighted by molar-refractivity contribution is 0.213. The molecular weight excluding hydrogens is 266 g/mol. The normalized spacial score (nSPS) is 21.2. The van der Waals surface area contributed by atoms with Crippen molar-refractivity contribution >= 4 is 21.0 Å². The van der Waals surface area contributed by atoms with Gasteiger partial charge in [0.05, 0.1) is 12.9 Å². The predicted octanol–water partition coefficient (Wildman–Crippen LogP) is 1.58. The monoisotopic (exact) mass is 281 g/mol. The molecule has 3 rings (SSSR count). The molecule has 2 aromatic rings. The number of rotatable bonds is 3. The van der Waals surface area contributed by atoms with E-state index in [0.29, 0.717) is 18.5 Å². The molecule has 6 heteroatoms. The Morgan fingerprint density at radius 2 is 2.21 bits per heavy atom. The highest BCUT2D eigenvalue weighted by Gasteiger charge is 2.36. The fourth-order valence-corrected chi connectivity index (χ4v) is 4.44. The highest BCUT2D eigenvalue weighted by atomic mass is 32.2.